The molecule has 4 nitrogen and oxygen atoms in total. The third-order valence-corrected chi connectivity index (χ3v) is 5.96. The van der Waals surface area contributed by atoms with Crippen LogP contribution >= 0.6 is 11.6 Å². The molecular weight excluding hydrogens is 406 g/mol. The molecule has 2 aromatic carbocycles. The topological polar surface area (TPSA) is 44.8 Å². The Bertz CT molecular complexity index is 1240. The van der Waals surface area contributed by atoms with E-state index in [0.717, 1.165) is 40.7 Å². The van der Waals surface area contributed by atoms with Crippen LogP contribution in [0.15, 0.2) is 48.7 Å². The Morgan fingerprint density at radius 3 is 2.73 bits per heavy atom. The van der Waals surface area contributed by atoms with Crippen LogP contribution in [0, 0.1) is 11.6 Å². The zero-order valence-electron chi connectivity index (χ0n) is 16.3. The number of nitrogens with one attached hydrogen (secondary N) is 1. The van der Waals surface area contributed by atoms with Crippen LogP contribution in [0.25, 0.3) is 10.9 Å². The molecule has 4 aromatic rings. The molecule has 1 atom stereocenters. The van der Waals surface area contributed by atoms with E-state index < -0.39 is 5.82 Å². The first-order valence-corrected chi connectivity index (χ1v) is 10.3. The normalized spacial score (nSPS) is 16.1. The molecule has 3 heterocycles. The maximum Gasteiger partial charge on any atom is 0.226 e. The highest BCUT2D eigenvalue weighted by atomic mass is 35.5. The van der Waals surface area contributed by atoms with Crippen LogP contribution in [0.4, 0.5) is 14.7 Å². The van der Waals surface area contributed by atoms with Gasteiger partial charge in [-0.15, -0.1) is 0 Å². The van der Waals surface area contributed by atoms with Crippen molar-refractivity contribution in [1.82, 2.24) is 15.0 Å². The van der Waals surface area contributed by atoms with E-state index >= 15 is 0 Å². The van der Waals surface area contributed by atoms with Crippen LogP contribution in [-0.4, -0.2) is 21.5 Å². The van der Waals surface area contributed by atoms with E-state index in [1.54, 1.807) is 24.4 Å². The molecular formula is C23H19ClF2N4. The fourth-order valence-corrected chi connectivity index (χ4v) is 4.38. The number of aryl methyl sites for hydroxylation is 1. The Hall–Kier alpha value is -2.99. The first-order valence-electron chi connectivity index (χ1n) is 9.88. The van der Waals surface area contributed by atoms with E-state index in [2.05, 4.69) is 14.9 Å². The van der Waals surface area contributed by atoms with Gasteiger partial charge < -0.3 is 9.88 Å². The zero-order chi connectivity index (χ0) is 20.8. The van der Waals surface area contributed by atoms with E-state index in [9.17, 15) is 8.78 Å². The molecule has 152 valence electrons. The lowest BCUT2D eigenvalue weighted by Gasteiger charge is -2.36. The molecule has 0 radical (unpaired) electrons. The number of fused-ring (bicyclic) bond motifs is 3. The first kappa shape index (κ1) is 19.0. The smallest absolute Gasteiger partial charge is 0.226 e. The zero-order valence-corrected chi connectivity index (χ0v) is 17.0. The Morgan fingerprint density at radius 2 is 1.97 bits per heavy atom. The number of halogens is 3. The van der Waals surface area contributed by atoms with E-state index in [4.69, 9.17) is 16.6 Å². The van der Waals surface area contributed by atoms with Gasteiger partial charge in [0.2, 0.25) is 5.95 Å². The molecule has 1 unspecified atom stereocenters. The molecule has 7 heteroatoms. The van der Waals surface area contributed by atoms with E-state index in [1.165, 1.54) is 18.2 Å². The predicted molar refractivity (Wildman–Crippen MR) is 114 cm³/mol. The summed E-state index contributed by atoms with van der Waals surface area (Å²) in [5.74, 6) is -0.134. The lowest BCUT2D eigenvalue weighted by Crippen LogP contribution is -2.37. The molecule has 0 amide bonds. The van der Waals surface area contributed by atoms with Crippen molar-refractivity contribution >= 4 is 28.5 Å². The number of benzene rings is 2. The summed E-state index contributed by atoms with van der Waals surface area (Å²) in [7, 11) is 0. The minimum atomic E-state index is -0.461. The molecule has 5 rings (SSSR count). The molecule has 0 spiro atoms. The summed E-state index contributed by atoms with van der Waals surface area (Å²) in [6.07, 6.45) is 3.30. The van der Waals surface area contributed by atoms with Gasteiger partial charge in [0.05, 0.1) is 11.1 Å². The van der Waals surface area contributed by atoms with E-state index in [0.29, 0.717) is 18.0 Å². The van der Waals surface area contributed by atoms with Gasteiger partial charge >= 0.3 is 0 Å². The molecule has 0 saturated heterocycles. The van der Waals surface area contributed by atoms with Gasteiger partial charge in [-0.25, -0.2) is 18.7 Å². The summed E-state index contributed by atoms with van der Waals surface area (Å²) >= 11 is 6.05. The number of nitrogens with zero attached hydrogens (tertiary/aromatic N) is 3. The van der Waals surface area contributed by atoms with Gasteiger partial charge in [0.1, 0.15) is 11.6 Å². The molecule has 0 fully saturated rings. The van der Waals surface area contributed by atoms with Crippen LogP contribution in [-0.2, 0) is 12.8 Å². The molecule has 30 heavy (non-hydrogen) atoms. The second kappa shape index (κ2) is 7.36. The van der Waals surface area contributed by atoms with Crippen molar-refractivity contribution < 1.29 is 8.78 Å². The highest BCUT2D eigenvalue weighted by Crippen LogP contribution is 2.40. The Kier molecular flexibility index (Phi) is 4.66. The average molecular weight is 425 g/mol. The maximum atomic E-state index is 14.1. The minimum Gasteiger partial charge on any atom is -0.356 e. The van der Waals surface area contributed by atoms with Gasteiger partial charge in [-0.2, -0.15) is 0 Å². The largest absolute Gasteiger partial charge is 0.356 e. The van der Waals surface area contributed by atoms with Crippen molar-refractivity contribution in [3.8, 4) is 0 Å². The van der Waals surface area contributed by atoms with Crippen LogP contribution in [0.3, 0.4) is 0 Å². The molecule has 0 bridgehead atoms. The summed E-state index contributed by atoms with van der Waals surface area (Å²) in [6.45, 7) is 2.72. The summed E-state index contributed by atoms with van der Waals surface area (Å²) in [6, 6.07) is 11.2. The number of H-pyrrole nitrogens is 1. The summed E-state index contributed by atoms with van der Waals surface area (Å²) in [5.41, 5.74) is 4.56. The number of anilines is 1. The van der Waals surface area contributed by atoms with Crippen LogP contribution in [0.5, 0.6) is 0 Å². The second-order valence-electron chi connectivity index (χ2n) is 7.43. The molecule has 1 N–H and O–H groups in total. The fraction of sp³-hybridized carbons (Fsp3) is 0.217. The Balaban J connectivity index is 1.71. The van der Waals surface area contributed by atoms with Crippen molar-refractivity contribution in [2.45, 2.75) is 25.8 Å². The first-order chi connectivity index (χ1) is 14.5. The van der Waals surface area contributed by atoms with Gasteiger partial charge in [0, 0.05) is 35.0 Å². The van der Waals surface area contributed by atoms with Gasteiger partial charge in [0.15, 0.2) is 0 Å². The predicted octanol–water partition coefficient (Wildman–Crippen LogP) is 5.60. The number of aromatic nitrogens is 3. The van der Waals surface area contributed by atoms with Crippen molar-refractivity contribution in [3.63, 3.8) is 0 Å². The monoisotopic (exact) mass is 424 g/mol. The summed E-state index contributed by atoms with van der Waals surface area (Å²) < 4.78 is 27.7. The number of hydrogen-bond acceptors (Lipinski definition) is 3. The van der Waals surface area contributed by atoms with Gasteiger partial charge in [-0.1, -0.05) is 30.7 Å². The third-order valence-electron chi connectivity index (χ3n) is 5.67. The number of rotatable bonds is 3. The van der Waals surface area contributed by atoms with Gasteiger partial charge in [-0.3, -0.25) is 0 Å². The number of aromatic amines is 1. The van der Waals surface area contributed by atoms with Gasteiger partial charge in [-0.05, 0) is 54.3 Å². The van der Waals surface area contributed by atoms with Crippen LogP contribution in [0.2, 0.25) is 5.02 Å². The molecule has 1 aliphatic rings. The minimum absolute atomic E-state index is 0.101. The average Bonchev–Trinajstić information content (AvgIpc) is 3.11. The SMILES string of the molecule is CCc1ccnc(N2CCc3c([nH]c4cc(F)c(Cl)cc34)C2c2ccc(F)cc2)n1. The fourth-order valence-electron chi connectivity index (χ4n) is 4.21. The summed E-state index contributed by atoms with van der Waals surface area (Å²) in [5, 5.41) is 1.01. The maximum absolute atomic E-state index is 14.1. The Morgan fingerprint density at radius 1 is 1.17 bits per heavy atom. The van der Waals surface area contributed by atoms with Crippen molar-refractivity contribution in [2.24, 2.45) is 0 Å². The standard InChI is InChI=1S/C23H19ClF2N4/c1-2-15-7-9-27-23(28-15)30-10-8-16-17-11-18(24)19(26)12-20(17)29-21(16)22(30)13-3-5-14(25)6-4-13/h3-7,9,11-12,22,29H,2,8,10H2,1H3. The molecule has 2 aromatic heterocycles. The molecule has 0 saturated carbocycles. The van der Waals surface area contributed by atoms with Gasteiger partial charge in [0.25, 0.3) is 0 Å². The van der Waals surface area contributed by atoms with Crippen LogP contribution < -0.4 is 4.90 Å². The lowest BCUT2D eigenvalue weighted by molar-refractivity contribution is 0.612. The second-order valence-corrected chi connectivity index (χ2v) is 7.84. The van der Waals surface area contributed by atoms with Crippen molar-refractivity contribution in [1.29, 1.82) is 0 Å². The highest BCUT2D eigenvalue weighted by Gasteiger charge is 2.33. The van der Waals surface area contributed by atoms with E-state index in [-0.39, 0.29) is 16.9 Å². The van der Waals surface area contributed by atoms with Crippen LogP contribution in [0.1, 0.15) is 35.5 Å². The quantitative estimate of drug-likeness (QED) is 0.465. The third kappa shape index (κ3) is 3.12. The van der Waals surface area contributed by atoms with Crippen molar-refractivity contribution in [2.75, 3.05) is 11.4 Å². The number of hydrogen-bond donors (Lipinski definition) is 1. The highest BCUT2D eigenvalue weighted by molar-refractivity contribution is 6.31. The molecule has 1 aliphatic heterocycles. The lowest BCUT2D eigenvalue weighted by atomic mass is 9.92. The summed E-state index contributed by atoms with van der Waals surface area (Å²) in [4.78, 5) is 14.7. The van der Waals surface area contributed by atoms with Crippen molar-refractivity contribution in [3.05, 3.63) is 87.8 Å². The molecule has 0 aliphatic carbocycles. The Labute approximate surface area is 177 Å². The van der Waals surface area contributed by atoms with E-state index in [1.807, 2.05) is 13.0 Å².